The first kappa shape index (κ1) is 15.6. The molecule has 102 valence electrons. The molecule has 0 amide bonds. The lowest BCUT2D eigenvalue weighted by Crippen LogP contribution is -2.13. The Bertz CT molecular complexity index is 398. The Morgan fingerprint density at radius 2 is 1.94 bits per heavy atom. The van der Waals surface area contributed by atoms with Crippen molar-refractivity contribution in [1.29, 1.82) is 0 Å². The highest BCUT2D eigenvalue weighted by molar-refractivity contribution is 9.10. The normalized spacial score (nSPS) is 15.5. The molecule has 2 atom stereocenters. The Morgan fingerprint density at radius 1 is 1.33 bits per heavy atom. The smallest absolute Gasteiger partial charge is 0.137 e. The van der Waals surface area contributed by atoms with E-state index in [9.17, 15) is 9.50 Å². The molecule has 0 saturated heterocycles. The summed E-state index contributed by atoms with van der Waals surface area (Å²) in [6.45, 7) is 8.74. The van der Waals surface area contributed by atoms with Gasteiger partial charge in [-0.1, -0.05) is 33.8 Å². The quantitative estimate of drug-likeness (QED) is 0.820. The maximum Gasteiger partial charge on any atom is 0.137 e. The van der Waals surface area contributed by atoms with Crippen molar-refractivity contribution in [1.82, 2.24) is 0 Å². The molecule has 0 saturated carbocycles. The molecule has 0 aliphatic carbocycles. The van der Waals surface area contributed by atoms with Crippen LogP contribution in [0, 0.1) is 17.2 Å². The van der Waals surface area contributed by atoms with Gasteiger partial charge in [0.2, 0.25) is 0 Å². The van der Waals surface area contributed by atoms with Crippen LogP contribution in [0.15, 0.2) is 22.7 Å². The zero-order valence-electron chi connectivity index (χ0n) is 11.5. The zero-order chi connectivity index (χ0) is 13.9. The van der Waals surface area contributed by atoms with E-state index in [0.29, 0.717) is 16.8 Å². The van der Waals surface area contributed by atoms with Crippen LogP contribution in [-0.4, -0.2) is 5.11 Å². The molecule has 0 heterocycles. The van der Waals surface area contributed by atoms with Gasteiger partial charge in [-0.2, -0.15) is 0 Å². The van der Waals surface area contributed by atoms with Gasteiger partial charge in [0.05, 0.1) is 10.6 Å². The average Bonchev–Trinajstić information content (AvgIpc) is 2.18. The molecular weight excluding hydrogens is 295 g/mol. The van der Waals surface area contributed by atoms with Crippen LogP contribution in [-0.2, 0) is 0 Å². The van der Waals surface area contributed by atoms with E-state index in [1.807, 2.05) is 0 Å². The minimum Gasteiger partial charge on any atom is -0.388 e. The van der Waals surface area contributed by atoms with Crippen LogP contribution in [0.25, 0.3) is 0 Å². The first-order chi connectivity index (χ1) is 8.19. The second kappa shape index (κ2) is 6.16. The van der Waals surface area contributed by atoms with Gasteiger partial charge in [0.15, 0.2) is 0 Å². The SMILES string of the molecule is CC(CC(O)c1ccc(F)c(Br)c1)CC(C)(C)C. The lowest BCUT2D eigenvalue weighted by Gasteiger charge is -2.25. The summed E-state index contributed by atoms with van der Waals surface area (Å²) in [7, 11) is 0. The molecule has 0 aromatic heterocycles. The molecule has 0 aliphatic heterocycles. The number of hydrogen-bond acceptors (Lipinski definition) is 1. The van der Waals surface area contributed by atoms with Crippen molar-refractivity contribution >= 4 is 15.9 Å². The highest BCUT2D eigenvalue weighted by Gasteiger charge is 2.19. The molecule has 0 aliphatic rings. The van der Waals surface area contributed by atoms with Crippen molar-refractivity contribution < 1.29 is 9.50 Å². The fourth-order valence-corrected chi connectivity index (χ4v) is 2.76. The van der Waals surface area contributed by atoms with E-state index in [1.165, 1.54) is 6.07 Å². The van der Waals surface area contributed by atoms with Crippen LogP contribution < -0.4 is 0 Å². The van der Waals surface area contributed by atoms with Gasteiger partial charge < -0.3 is 5.11 Å². The first-order valence-electron chi connectivity index (χ1n) is 6.32. The van der Waals surface area contributed by atoms with Gasteiger partial charge in [-0.3, -0.25) is 0 Å². The molecule has 2 unspecified atom stereocenters. The molecule has 1 aromatic carbocycles. The number of halogens is 2. The van der Waals surface area contributed by atoms with E-state index in [-0.39, 0.29) is 11.2 Å². The van der Waals surface area contributed by atoms with Gasteiger partial charge in [0.25, 0.3) is 0 Å². The molecular formula is C15H22BrFO. The molecule has 1 N–H and O–H groups in total. The molecule has 0 radical (unpaired) electrons. The second-order valence-electron chi connectivity index (χ2n) is 6.30. The van der Waals surface area contributed by atoms with Crippen molar-refractivity contribution in [3.8, 4) is 0 Å². The fraction of sp³-hybridized carbons (Fsp3) is 0.600. The van der Waals surface area contributed by atoms with E-state index < -0.39 is 6.10 Å². The third-order valence-corrected chi connectivity index (χ3v) is 3.52. The van der Waals surface area contributed by atoms with Crippen molar-refractivity contribution in [2.24, 2.45) is 11.3 Å². The van der Waals surface area contributed by atoms with Crippen LogP contribution in [0.3, 0.4) is 0 Å². The molecule has 0 spiro atoms. The number of rotatable bonds is 4. The Morgan fingerprint density at radius 3 is 2.44 bits per heavy atom. The van der Waals surface area contributed by atoms with Crippen molar-refractivity contribution in [2.75, 3.05) is 0 Å². The van der Waals surface area contributed by atoms with Gasteiger partial charge in [0, 0.05) is 0 Å². The van der Waals surface area contributed by atoms with Crippen molar-refractivity contribution in [3.05, 3.63) is 34.1 Å². The van der Waals surface area contributed by atoms with Crippen LogP contribution >= 0.6 is 15.9 Å². The van der Waals surface area contributed by atoms with Gasteiger partial charge in [-0.15, -0.1) is 0 Å². The molecule has 1 rings (SSSR count). The van der Waals surface area contributed by atoms with Crippen LogP contribution in [0.4, 0.5) is 4.39 Å². The molecule has 1 aromatic rings. The van der Waals surface area contributed by atoms with Gasteiger partial charge in [-0.05, 0) is 57.8 Å². The maximum atomic E-state index is 13.1. The number of benzene rings is 1. The summed E-state index contributed by atoms with van der Waals surface area (Å²) in [5.74, 6) is 0.137. The minimum atomic E-state index is -0.528. The van der Waals surface area contributed by atoms with Crippen LogP contribution in [0.1, 0.15) is 52.2 Å². The maximum absolute atomic E-state index is 13.1. The third kappa shape index (κ3) is 5.07. The predicted octanol–water partition coefficient (Wildman–Crippen LogP) is 5.08. The summed E-state index contributed by atoms with van der Waals surface area (Å²) in [5.41, 5.74) is 1.03. The Hall–Kier alpha value is -0.410. The topological polar surface area (TPSA) is 20.2 Å². The third-order valence-electron chi connectivity index (χ3n) is 2.91. The largest absolute Gasteiger partial charge is 0.388 e. The lowest BCUT2D eigenvalue weighted by atomic mass is 9.82. The summed E-state index contributed by atoms with van der Waals surface area (Å²) in [6, 6.07) is 4.69. The second-order valence-corrected chi connectivity index (χ2v) is 7.15. The summed E-state index contributed by atoms with van der Waals surface area (Å²) in [4.78, 5) is 0. The first-order valence-corrected chi connectivity index (χ1v) is 7.11. The predicted molar refractivity (Wildman–Crippen MR) is 76.9 cm³/mol. The molecule has 0 bridgehead atoms. The Kier molecular flexibility index (Phi) is 5.35. The Balaban J connectivity index is 2.64. The van der Waals surface area contributed by atoms with Crippen LogP contribution in [0.5, 0.6) is 0 Å². The summed E-state index contributed by atoms with van der Waals surface area (Å²) in [5, 5.41) is 10.2. The van der Waals surface area contributed by atoms with Crippen LogP contribution in [0.2, 0.25) is 0 Å². The van der Waals surface area contributed by atoms with E-state index in [0.717, 1.165) is 12.0 Å². The summed E-state index contributed by atoms with van der Waals surface area (Å²) >= 11 is 3.14. The van der Waals surface area contributed by atoms with Gasteiger partial charge in [0.1, 0.15) is 5.82 Å². The fourth-order valence-electron chi connectivity index (χ4n) is 2.37. The molecule has 3 heteroatoms. The van der Waals surface area contributed by atoms with E-state index in [2.05, 4.69) is 43.6 Å². The van der Waals surface area contributed by atoms with Gasteiger partial charge >= 0.3 is 0 Å². The van der Waals surface area contributed by atoms with Gasteiger partial charge in [-0.25, -0.2) is 4.39 Å². The summed E-state index contributed by atoms with van der Waals surface area (Å²) < 4.78 is 13.5. The monoisotopic (exact) mass is 316 g/mol. The molecule has 18 heavy (non-hydrogen) atoms. The van der Waals surface area contributed by atoms with E-state index in [4.69, 9.17) is 0 Å². The highest BCUT2D eigenvalue weighted by atomic mass is 79.9. The van der Waals surface area contributed by atoms with Crippen molar-refractivity contribution in [2.45, 2.75) is 46.6 Å². The molecule has 1 nitrogen and oxygen atoms in total. The summed E-state index contributed by atoms with van der Waals surface area (Å²) in [6.07, 6.45) is 1.24. The van der Waals surface area contributed by atoms with E-state index >= 15 is 0 Å². The number of aliphatic hydroxyl groups excluding tert-OH is 1. The van der Waals surface area contributed by atoms with Crippen molar-refractivity contribution in [3.63, 3.8) is 0 Å². The minimum absolute atomic E-state index is 0.266. The van der Waals surface area contributed by atoms with E-state index in [1.54, 1.807) is 12.1 Å². The number of hydrogen-bond donors (Lipinski definition) is 1. The zero-order valence-corrected chi connectivity index (χ0v) is 13.1. The Labute approximate surface area is 118 Å². The highest BCUT2D eigenvalue weighted by Crippen LogP contribution is 2.31. The molecule has 0 fully saturated rings. The number of aliphatic hydroxyl groups is 1. The standard InChI is InChI=1S/C15H22BrFO/c1-10(9-15(2,3)4)7-14(18)11-5-6-13(17)12(16)8-11/h5-6,8,10,14,18H,7,9H2,1-4H3. The lowest BCUT2D eigenvalue weighted by molar-refractivity contribution is 0.134. The average molecular weight is 317 g/mol.